The van der Waals surface area contributed by atoms with Crippen molar-refractivity contribution in [2.75, 3.05) is 6.61 Å². The molecule has 0 N–H and O–H groups in total. The number of ether oxygens (including phenoxy) is 1. The summed E-state index contributed by atoms with van der Waals surface area (Å²) >= 11 is 0. The third kappa shape index (κ3) is 1.03. The highest BCUT2D eigenvalue weighted by Crippen LogP contribution is 2.26. The maximum atomic E-state index is 5.38. The second-order valence-electron chi connectivity index (χ2n) is 2.49. The first-order valence-electron chi connectivity index (χ1n) is 3.26. The van der Waals surface area contributed by atoms with Gasteiger partial charge in [-0.15, -0.1) is 0 Å². The smallest absolute Gasteiger partial charge is 0.0681 e. The Labute approximate surface area is 51.0 Å². The largest absolute Gasteiger partial charge is 0.375 e. The van der Waals surface area contributed by atoms with Crippen LogP contribution >= 0.6 is 0 Å². The third-order valence-electron chi connectivity index (χ3n) is 1.83. The van der Waals surface area contributed by atoms with Crippen LogP contribution in [0.3, 0.4) is 0 Å². The van der Waals surface area contributed by atoms with E-state index in [0.717, 1.165) is 19.4 Å². The first-order chi connectivity index (χ1) is 3.77. The molecule has 0 aromatic rings. The van der Waals surface area contributed by atoms with Gasteiger partial charge in [-0.25, -0.2) is 0 Å². The summed E-state index contributed by atoms with van der Waals surface area (Å²) in [5.74, 6) is 0. The van der Waals surface area contributed by atoms with Crippen molar-refractivity contribution in [3.63, 3.8) is 0 Å². The van der Waals surface area contributed by atoms with Gasteiger partial charge in [0.2, 0.25) is 0 Å². The zero-order valence-electron chi connectivity index (χ0n) is 5.44. The Morgan fingerprint density at radius 1 is 1.75 bits per heavy atom. The van der Waals surface area contributed by atoms with Gasteiger partial charge in [0, 0.05) is 6.61 Å². The normalized spacial score (nSPS) is 38.2. The van der Waals surface area contributed by atoms with Crippen molar-refractivity contribution in [1.29, 1.82) is 0 Å². The lowest BCUT2D eigenvalue weighted by Crippen LogP contribution is -2.21. The maximum Gasteiger partial charge on any atom is 0.0681 e. The summed E-state index contributed by atoms with van der Waals surface area (Å²) in [4.78, 5) is 0. The molecular formula is C7H13O. The average Bonchev–Trinajstić information content (AvgIpc) is 2.17. The van der Waals surface area contributed by atoms with Gasteiger partial charge < -0.3 is 4.74 Å². The molecule has 1 heteroatoms. The predicted octanol–water partition coefficient (Wildman–Crippen LogP) is 1.78. The Bertz CT molecular complexity index is 72.5. The van der Waals surface area contributed by atoms with Crippen LogP contribution in [0.1, 0.15) is 26.2 Å². The molecule has 0 aromatic heterocycles. The summed E-state index contributed by atoms with van der Waals surface area (Å²) < 4.78 is 5.38. The van der Waals surface area contributed by atoms with Gasteiger partial charge in [0.25, 0.3) is 0 Å². The van der Waals surface area contributed by atoms with E-state index in [9.17, 15) is 0 Å². The molecule has 1 aliphatic rings. The fourth-order valence-corrected chi connectivity index (χ4v) is 1.03. The van der Waals surface area contributed by atoms with Crippen molar-refractivity contribution in [2.45, 2.75) is 31.8 Å². The lowest BCUT2D eigenvalue weighted by atomic mass is 10.0. The van der Waals surface area contributed by atoms with Crippen LogP contribution in [0.2, 0.25) is 0 Å². The molecule has 1 heterocycles. The molecular weight excluding hydrogens is 100 g/mol. The van der Waals surface area contributed by atoms with E-state index >= 15 is 0 Å². The van der Waals surface area contributed by atoms with Crippen molar-refractivity contribution in [3.05, 3.63) is 6.92 Å². The maximum absolute atomic E-state index is 5.38. The summed E-state index contributed by atoms with van der Waals surface area (Å²) in [5, 5.41) is 0. The summed E-state index contributed by atoms with van der Waals surface area (Å²) in [5.41, 5.74) is -0.0139. The SMILES string of the molecule is [CH2]C1(CC)CCCO1. The molecule has 1 nitrogen and oxygen atoms in total. The Morgan fingerprint density at radius 2 is 2.50 bits per heavy atom. The minimum Gasteiger partial charge on any atom is -0.375 e. The minimum atomic E-state index is -0.0139. The van der Waals surface area contributed by atoms with Gasteiger partial charge in [0.05, 0.1) is 5.60 Å². The Kier molecular flexibility index (Phi) is 1.57. The molecule has 1 atom stereocenters. The van der Waals surface area contributed by atoms with Gasteiger partial charge in [-0.05, 0) is 26.2 Å². The van der Waals surface area contributed by atoms with E-state index in [1.165, 1.54) is 6.42 Å². The molecule has 0 bridgehead atoms. The van der Waals surface area contributed by atoms with Crippen LogP contribution in [-0.4, -0.2) is 12.2 Å². The van der Waals surface area contributed by atoms with Crippen LogP contribution in [0.25, 0.3) is 0 Å². The van der Waals surface area contributed by atoms with Gasteiger partial charge in [-0.2, -0.15) is 0 Å². The van der Waals surface area contributed by atoms with E-state index in [4.69, 9.17) is 4.74 Å². The zero-order valence-corrected chi connectivity index (χ0v) is 5.44. The fraction of sp³-hybridized carbons (Fsp3) is 0.857. The molecule has 8 heavy (non-hydrogen) atoms. The zero-order chi connectivity index (χ0) is 6.04. The van der Waals surface area contributed by atoms with E-state index in [0.29, 0.717) is 0 Å². The lowest BCUT2D eigenvalue weighted by Gasteiger charge is -2.19. The standard InChI is InChI=1S/C7H13O/c1-3-7(2)5-4-6-8-7/h2-6H2,1H3. The molecule has 1 radical (unpaired) electrons. The van der Waals surface area contributed by atoms with E-state index < -0.39 is 0 Å². The van der Waals surface area contributed by atoms with Crippen molar-refractivity contribution in [3.8, 4) is 0 Å². The molecule has 1 rings (SSSR count). The molecule has 1 unspecified atom stereocenters. The molecule has 0 saturated carbocycles. The van der Waals surface area contributed by atoms with Gasteiger partial charge in [-0.3, -0.25) is 0 Å². The topological polar surface area (TPSA) is 9.23 Å². The van der Waals surface area contributed by atoms with E-state index in [-0.39, 0.29) is 5.60 Å². The van der Waals surface area contributed by atoms with E-state index in [1.807, 2.05) is 0 Å². The van der Waals surface area contributed by atoms with Crippen LogP contribution in [-0.2, 0) is 4.74 Å². The van der Waals surface area contributed by atoms with Crippen molar-refractivity contribution < 1.29 is 4.74 Å². The average molecular weight is 113 g/mol. The molecule has 47 valence electrons. The van der Waals surface area contributed by atoms with Crippen molar-refractivity contribution in [1.82, 2.24) is 0 Å². The van der Waals surface area contributed by atoms with Crippen LogP contribution < -0.4 is 0 Å². The summed E-state index contributed by atoms with van der Waals surface area (Å²) in [6, 6.07) is 0. The van der Waals surface area contributed by atoms with E-state index in [2.05, 4.69) is 13.8 Å². The highest BCUT2D eigenvalue weighted by molar-refractivity contribution is 4.85. The van der Waals surface area contributed by atoms with E-state index in [1.54, 1.807) is 0 Å². The van der Waals surface area contributed by atoms with Gasteiger partial charge in [0.15, 0.2) is 0 Å². The van der Waals surface area contributed by atoms with Crippen LogP contribution in [0, 0.1) is 6.92 Å². The molecule has 1 saturated heterocycles. The summed E-state index contributed by atoms with van der Waals surface area (Å²) in [6.45, 7) is 7.00. The highest BCUT2D eigenvalue weighted by Gasteiger charge is 2.26. The number of hydrogen-bond acceptors (Lipinski definition) is 1. The Hall–Kier alpha value is -0.0400. The van der Waals surface area contributed by atoms with Gasteiger partial charge in [-0.1, -0.05) is 6.92 Å². The van der Waals surface area contributed by atoms with Crippen molar-refractivity contribution >= 4 is 0 Å². The number of rotatable bonds is 1. The third-order valence-corrected chi connectivity index (χ3v) is 1.83. The van der Waals surface area contributed by atoms with Gasteiger partial charge >= 0.3 is 0 Å². The highest BCUT2D eigenvalue weighted by atomic mass is 16.5. The molecule has 0 aromatic carbocycles. The van der Waals surface area contributed by atoms with Crippen LogP contribution in [0.4, 0.5) is 0 Å². The monoisotopic (exact) mass is 113 g/mol. The first-order valence-corrected chi connectivity index (χ1v) is 3.26. The summed E-state index contributed by atoms with van der Waals surface area (Å²) in [6.07, 6.45) is 3.38. The molecule has 1 fully saturated rings. The Morgan fingerprint density at radius 3 is 2.75 bits per heavy atom. The fourth-order valence-electron chi connectivity index (χ4n) is 1.03. The number of hydrogen-bond donors (Lipinski definition) is 0. The molecule has 0 amide bonds. The van der Waals surface area contributed by atoms with Crippen LogP contribution in [0.15, 0.2) is 0 Å². The Balaban J connectivity index is 2.40. The lowest BCUT2D eigenvalue weighted by molar-refractivity contribution is 0.0399. The second-order valence-corrected chi connectivity index (χ2v) is 2.49. The van der Waals surface area contributed by atoms with Crippen molar-refractivity contribution in [2.24, 2.45) is 0 Å². The van der Waals surface area contributed by atoms with Crippen LogP contribution in [0.5, 0.6) is 0 Å². The predicted molar refractivity (Wildman–Crippen MR) is 33.6 cm³/mol. The first kappa shape index (κ1) is 6.09. The van der Waals surface area contributed by atoms with Gasteiger partial charge in [0.1, 0.15) is 0 Å². The molecule has 0 spiro atoms. The summed E-state index contributed by atoms with van der Waals surface area (Å²) in [7, 11) is 0. The quantitative estimate of drug-likeness (QED) is 0.503. The molecule has 1 aliphatic heterocycles. The minimum absolute atomic E-state index is 0.0139. The molecule has 0 aliphatic carbocycles. The second kappa shape index (κ2) is 2.06.